The van der Waals surface area contributed by atoms with E-state index in [9.17, 15) is 0 Å². The SMILES string of the molecule is C=Cc1c(C=C)c2ccc(-c3nc(-c4ccccc4)nc(-c4cccc5oc6ccc(-c7cc(-c8ccccc8)cc8oc9ccccc9c78)cc6c45)n3)cc2c2ccccc12. The number of rotatable bonds is 7. The second kappa shape index (κ2) is 14.1. The van der Waals surface area contributed by atoms with Gasteiger partial charge >= 0.3 is 0 Å². The van der Waals surface area contributed by atoms with E-state index < -0.39 is 0 Å². The molecule has 0 radical (unpaired) electrons. The third-order valence-corrected chi connectivity index (χ3v) is 12.1. The van der Waals surface area contributed by atoms with Gasteiger partial charge in [0.2, 0.25) is 0 Å². The highest BCUT2D eigenvalue weighted by molar-refractivity contribution is 6.18. The summed E-state index contributed by atoms with van der Waals surface area (Å²) in [6.07, 6.45) is 3.84. The first kappa shape index (κ1) is 35.5. The molecule has 0 bridgehead atoms. The van der Waals surface area contributed by atoms with E-state index >= 15 is 0 Å². The predicted octanol–water partition coefficient (Wildman–Crippen LogP) is 15.6. The van der Waals surface area contributed by atoms with E-state index in [2.05, 4.69) is 128 Å². The van der Waals surface area contributed by atoms with E-state index in [1.165, 1.54) is 0 Å². The molecule has 0 spiro atoms. The molecule has 0 aliphatic rings. The molecule has 0 unspecified atom stereocenters. The van der Waals surface area contributed by atoms with Crippen molar-refractivity contribution >= 4 is 77.6 Å². The van der Waals surface area contributed by atoms with Gasteiger partial charge in [-0.05, 0) is 97.4 Å². The van der Waals surface area contributed by atoms with Gasteiger partial charge in [-0.15, -0.1) is 0 Å². The average Bonchev–Trinajstić information content (AvgIpc) is 3.92. The highest BCUT2D eigenvalue weighted by atomic mass is 16.3. The molecule has 5 nitrogen and oxygen atoms in total. The summed E-state index contributed by atoms with van der Waals surface area (Å²) < 4.78 is 13.1. The summed E-state index contributed by atoms with van der Waals surface area (Å²) >= 11 is 0. The molecule has 0 aliphatic heterocycles. The third-order valence-electron chi connectivity index (χ3n) is 12.1. The second-order valence-corrected chi connectivity index (χ2v) is 15.6. The Hall–Kier alpha value is -8.41. The van der Waals surface area contributed by atoms with Gasteiger partial charge in [0.25, 0.3) is 0 Å². The Labute approximate surface area is 356 Å². The van der Waals surface area contributed by atoms with Crippen molar-refractivity contribution in [2.24, 2.45) is 0 Å². The molecular formula is C57H35N3O2. The number of para-hydroxylation sites is 1. The second-order valence-electron chi connectivity index (χ2n) is 15.6. The normalized spacial score (nSPS) is 11.7. The molecule has 9 aromatic carbocycles. The molecule has 0 amide bonds. The van der Waals surface area contributed by atoms with Gasteiger partial charge in [-0.3, -0.25) is 0 Å². The van der Waals surface area contributed by atoms with E-state index in [0.29, 0.717) is 17.5 Å². The van der Waals surface area contributed by atoms with Crippen molar-refractivity contribution in [3.8, 4) is 56.4 Å². The van der Waals surface area contributed by atoms with Crippen LogP contribution in [0.5, 0.6) is 0 Å². The molecule has 12 rings (SSSR count). The highest BCUT2D eigenvalue weighted by Gasteiger charge is 2.21. The van der Waals surface area contributed by atoms with Gasteiger partial charge in [-0.2, -0.15) is 0 Å². The zero-order chi connectivity index (χ0) is 41.3. The Balaban J connectivity index is 1.09. The van der Waals surface area contributed by atoms with Crippen LogP contribution in [0.4, 0.5) is 0 Å². The number of aromatic nitrogens is 3. The van der Waals surface area contributed by atoms with E-state index in [-0.39, 0.29) is 0 Å². The van der Waals surface area contributed by atoms with Crippen molar-refractivity contribution in [1.29, 1.82) is 0 Å². The smallest absolute Gasteiger partial charge is 0.164 e. The van der Waals surface area contributed by atoms with Crippen LogP contribution in [-0.4, -0.2) is 15.0 Å². The van der Waals surface area contributed by atoms with Gasteiger partial charge in [0, 0.05) is 38.2 Å². The first-order valence-electron chi connectivity index (χ1n) is 20.7. The molecule has 0 saturated heterocycles. The summed E-state index contributed by atoms with van der Waals surface area (Å²) in [6, 6.07) is 60.6. The van der Waals surface area contributed by atoms with Gasteiger partial charge in [0.05, 0.1) is 0 Å². The molecule has 62 heavy (non-hydrogen) atoms. The first-order valence-corrected chi connectivity index (χ1v) is 20.7. The van der Waals surface area contributed by atoms with Gasteiger partial charge in [0.1, 0.15) is 22.3 Å². The Morgan fingerprint density at radius 3 is 1.66 bits per heavy atom. The van der Waals surface area contributed by atoms with Crippen molar-refractivity contribution in [3.63, 3.8) is 0 Å². The molecule has 5 heteroatoms. The Morgan fingerprint density at radius 2 is 0.887 bits per heavy atom. The predicted molar refractivity (Wildman–Crippen MR) is 257 cm³/mol. The van der Waals surface area contributed by atoms with Crippen LogP contribution in [0.25, 0.3) is 134 Å². The molecular weight excluding hydrogens is 759 g/mol. The molecule has 12 aromatic rings. The van der Waals surface area contributed by atoms with Crippen molar-refractivity contribution in [1.82, 2.24) is 15.0 Å². The number of fused-ring (bicyclic) bond motifs is 9. The molecule has 3 heterocycles. The van der Waals surface area contributed by atoms with Crippen LogP contribution in [0.15, 0.2) is 198 Å². The number of hydrogen-bond donors (Lipinski definition) is 0. The van der Waals surface area contributed by atoms with Gasteiger partial charge in [-0.1, -0.05) is 159 Å². The van der Waals surface area contributed by atoms with Gasteiger partial charge < -0.3 is 8.83 Å². The quantitative estimate of drug-likeness (QED) is 0.150. The molecule has 0 N–H and O–H groups in total. The standard InChI is InChI=1S/C57H35N3O2/c1-3-39-40(4-2)43-28-26-37(31-47(43)42-21-12-11-20-41(39)42)56-58-55(35-18-9-6-10-19-35)59-57(60-56)45-23-15-25-51-54(45)48-30-36(27-29-50(48)61-51)46-32-38(34-16-7-5-8-17-34)33-52-53(46)44-22-13-14-24-49(44)62-52/h3-33H,1-2H2. The maximum atomic E-state index is 6.60. The summed E-state index contributed by atoms with van der Waals surface area (Å²) in [4.78, 5) is 15.6. The topological polar surface area (TPSA) is 65.0 Å². The fourth-order valence-electron chi connectivity index (χ4n) is 9.23. The van der Waals surface area contributed by atoms with Crippen LogP contribution in [0.3, 0.4) is 0 Å². The lowest BCUT2D eigenvalue weighted by molar-refractivity contribution is 0.669. The molecule has 3 aromatic heterocycles. The number of nitrogens with zero attached hydrogens (tertiary/aromatic N) is 3. The summed E-state index contributed by atoms with van der Waals surface area (Å²) in [5, 5.41) is 8.48. The maximum absolute atomic E-state index is 6.60. The van der Waals surface area contributed by atoms with Gasteiger partial charge in [-0.25, -0.2) is 15.0 Å². The number of benzene rings is 9. The average molecular weight is 794 g/mol. The van der Waals surface area contributed by atoms with Crippen LogP contribution in [0, 0.1) is 0 Å². The summed E-state index contributed by atoms with van der Waals surface area (Å²) in [6.45, 7) is 8.32. The van der Waals surface area contributed by atoms with E-state index in [1.54, 1.807) is 0 Å². The maximum Gasteiger partial charge on any atom is 0.164 e. The third kappa shape index (κ3) is 5.60. The monoisotopic (exact) mass is 793 g/mol. The minimum absolute atomic E-state index is 0.556. The lowest BCUT2D eigenvalue weighted by Crippen LogP contribution is -2.00. The van der Waals surface area contributed by atoms with Crippen LogP contribution in [0.2, 0.25) is 0 Å². The van der Waals surface area contributed by atoms with Crippen molar-refractivity contribution in [3.05, 3.63) is 200 Å². The highest BCUT2D eigenvalue weighted by Crippen LogP contribution is 2.44. The summed E-state index contributed by atoms with van der Waals surface area (Å²) in [5.41, 5.74) is 12.3. The molecule has 0 atom stereocenters. The molecule has 0 aliphatic carbocycles. The molecule has 290 valence electrons. The largest absolute Gasteiger partial charge is 0.456 e. The minimum Gasteiger partial charge on any atom is -0.456 e. The lowest BCUT2D eigenvalue weighted by Gasteiger charge is -2.14. The molecule has 0 saturated carbocycles. The van der Waals surface area contributed by atoms with E-state index in [1.807, 2.05) is 72.8 Å². The van der Waals surface area contributed by atoms with Crippen LogP contribution < -0.4 is 0 Å². The van der Waals surface area contributed by atoms with Crippen molar-refractivity contribution in [2.45, 2.75) is 0 Å². The Morgan fingerprint density at radius 1 is 0.323 bits per heavy atom. The summed E-state index contributed by atoms with van der Waals surface area (Å²) in [7, 11) is 0. The molecule has 0 fully saturated rings. The lowest BCUT2D eigenvalue weighted by atomic mass is 9.90. The van der Waals surface area contributed by atoms with E-state index in [4.69, 9.17) is 23.8 Å². The fraction of sp³-hybridized carbons (Fsp3) is 0. The van der Waals surface area contributed by atoms with Crippen LogP contribution in [-0.2, 0) is 0 Å². The minimum atomic E-state index is 0.556. The Kier molecular flexibility index (Phi) is 8.09. The first-order chi connectivity index (χ1) is 30.6. The zero-order valence-electron chi connectivity index (χ0n) is 33.5. The van der Waals surface area contributed by atoms with Crippen LogP contribution in [0.1, 0.15) is 11.1 Å². The van der Waals surface area contributed by atoms with Gasteiger partial charge in [0.15, 0.2) is 17.5 Å². The summed E-state index contributed by atoms with van der Waals surface area (Å²) in [5.74, 6) is 1.72. The number of furan rings is 2. The number of hydrogen-bond acceptors (Lipinski definition) is 5. The fourth-order valence-corrected chi connectivity index (χ4v) is 9.23. The van der Waals surface area contributed by atoms with Crippen molar-refractivity contribution < 1.29 is 8.83 Å². The van der Waals surface area contributed by atoms with Crippen LogP contribution >= 0.6 is 0 Å². The van der Waals surface area contributed by atoms with E-state index in [0.717, 1.165) is 115 Å². The zero-order valence-corrected chi connectivity index (χ0v) is 33.5. The Bertz CT molecular complexity index is 3790. The van der Waals surface area contributed by atoms with Crippen molar-refractivity contribution in [2.75, 3.05) is 0 Å².